The molecule has 9 heteroatoms. The zero-order valence-corrected chi connectivity index (χ0v) is 10.3. The Bertz CT molecular complexity index is 481. The van der Waals surface area contributed by atoms with Crippen LogP contribution in [0.1, 0.15) is 16.6 Å². The molecule has 0 spiro atoms. The van der Waals surface area contributed by atoms with Crippen molar-refractivity contribution in [2.45, 2.75) is 6.92 Å². The Morgan fingerprint density at radius 1 is 1.50 bits per heavy atom. The molecule has 1 heterocycles. The fourth-order valence-electron chi connectivity index (χ4n) is 1.000. The minimum absolute atomic E-state index is 0.0820. The number of hydrogen-bond donors (Lipinski definition) is 0. The molecule has 0 unspecified atom stereocenters. The zero-order valence-electron chi connectivity index (χ0n) is 9.50. The number of esters is 1. The van der Waals surface area contributed by atoms with Crippen LogP contribution < -0.4 is 4.74 Å². The lowest BCUT2D eigenvalue weighted by atomic mass is 10.4. The summed E-state index contributed by atoms with van der Waals surface area (Å²) in [4.78, 5) is 32.1. The highest BCUT2D eigenvalue weighted by molar-refractivity contribution is 7.17. The van der Waals surface area contributed by atoms with Crippen LogP contribution in [0.5, 0.6) is 5.75 Å². The van der Waals surface area contributed by atoms with Gasteiger partial charge in [-0.15, -0.1) is 0 Å². The van der Waals surface area contributed by atoms with E-state index in [9.17, 15) is 19.7 Å². The zero-order chi connectivity index (χ0) is 13.7. The van der Waals surface area contributed by atoms with Crippen LogP contribution in [0.3, 0.4) is 0 Å². The molecule has 8 nitrogen and oxygen atoms in total. The van der Waals surface area contributed by atoms with E-state index >= 15 is 0 Å². The Morgan fingerprint density at radius 2 is 2.17 bits per heavy atom. The van der Waals surface area contributed by atoms with Gasteiger partial charge in [0.15, 0.2) is 10.6 Å². The molecule has 0 aliphatic heterocycles. The molecule has 0 saturated heterocycles. The predicted octanol–water partition coefficient (Wildman–Crippen LogP) is 1.98. The van der Waals surface area contributed by atoms with E-state index in [1.165, 1.54) is 0 Å². The highest BCUT2D eigenvalue weighted by Crippen LogP contribution is 2.35. The average Bonchev–Trinajstić information content (AvgIpc) is 2.72. The van der Waals surface area contributed by atoms with E-state index in [2.05, 4.69) is 14.2 Å². The summed E-state index contributed by atoms with van der Waals surface area (Å²) < 4.78 is 13.6. The van der Waals surface area contributed by atoms with Crippen LogP contribution in [-0.4, -0.2) is 30.8 Å². The van der Waals surface area contributed by atoms with Gasteiger partial charge in [0.25, 0.3) is 0 Å². The summed E-state index contributed by atoms with van der Waals surface area (Å²) in [5, 5.41) is 10.2. The van der Waals surface area contributed by atoms with E-state index in [0.29, 0.717) is 11.3 Å². The van der Waals surface area contributed by atoms with Crippen LogP contribution in [0.25, 0.3) is 0 Å². The standard InChI is InChI=1S/C9H9NO7S/c1-3-16-9(12)17-5-4-6(10(13)14)18-7(5)8(11)15-2/h4H,3H2,1-2H3. The van der Waals surface area contributed by atoms with Crippen molar-refractivity contribution < 1.29 is 28.7 Å². The van der Waals surface area contributed by atoms with Crippen LogP contribution in [0.15, 0.2) is 6.07 Å². The molecule has 0 fully saturated rings. The Labute approximate surface area is 105 Å². The third kappa shape index (κ3) is 3.17. The Kier molecular flexibility index (Phi) is 4.60. The summed E-state index contributed by atoms with van der Waals surface area (Å²) in [6, 6.07) is 0.966. The lowest BCUT2D eigenvalue weighted by molar-refractivity contribution is -0.380. The van der Waals surface area contributed by atoms with Crippen molar-refractivity contribution in [2.75, 3.05) is 13.7 Å². The van der Waals surface area contributed by atoms with Crippen LogP contribution in [0.2, 0.25) is 0 Å². The number of nitrogens with zero attached hydrogens (tertiary/aromatic N) is 1. The highest BCUT2D eigenvalue weighted by atomic mass is 32.1. The van der Waals surface area contributed by atoms with Crippen molar-refractivity contribution in [1.29, 1.82) is 0 Å². The number of rotatable bonds is 4. The molecule has 0 aliphatic rings. The summed E-state index contributed by atoms with van der Waals surface area (Å²) in [6.45, 7) is 1.65. The van der Waals surface area contributed by atoms with E-state index in [1.54, 1.807) is 6.92 Å². The number of methoxy groups -OCH3 is 1. The fraction of sp³-hybridized carbons (Fsp3) is 0.333. The normalized spacial score (nSPS) is 9.67. The van der Waals surface area contributed by atoms with Crippen molar-refractivity contribution in [3.63, 3.8) is 0 Å². The van der Waals surface area contributed by atoms with Gasteiger partial charge in [0.2, 0.25) is 0 Å². The second-order valence-corrected chi connectivity index (χ2v) is 3.84. The average molecular weight is 275 g/mol. The van der Waals surface area contributed by atoms with Crippen molar-refractivity contribution in [3.05, 3.63) is 21.1 Å². The Hall–Kier alpha value is -2.16. The number of nitro groups is 1. The first kappa shape index (κ1) is 13.9. The van der Waals surface area contributed by atoms with E-state index in [0.717, 1.165) is 13.2 Å². The molecule has 0 saturated carbocycles. The minimum Gasteiger partial charge on any atom is -0.465 e. The van der Waals surface area contributed by atoms with E-state index < -0.39 is 17.0 Å². The summed E-state index contributed by atoms with van der Waals surface area (Å²) in [7, 11) is 1.11. The third-order valence-electron chi connectivity index (χ3n) is 1.69. The van der Waals surface area contributed by atoms with Crippen molar-refractivity contribution in [2.24, 2.45) is 0 Å². The summed E-state index contributed by atoms with van der Waals surface area (Å²) in [5.74, 6) is -1.08. The SMILES string of the molecule is CCOC(=O)Oc1cc([N+](=O)[O-])sc1C(=O)OC. The second-order valence-electron chi connectivity index (χ2n) is 2.81. The molecule has 98 valence electrons. The van der Waals surface area contributed by atoms with Crippen molar-refractivity contribution in [1.82, 2.24) is 0 Å². The van der Waals surface area contributed by atoms with Gasteiger partial charge in [0.1, 0.15) is 0 Å². The number of hydrogen-bond acceptors (Lipinski definition) is 8. The van der Waals surface area contributed by atoms with E-state index in [-0.39, 0.29) is 22.2 Å². The quantitative estimate of drug-likeness (QED) is 0.470. The highest BCUT2D eigenvalue weighted by Gasteiger charge is 2.25. The third-order valence-corrected chi connectivity index (χ3v) is 2.74. The van der Waals surface area contributed by atoms with Gasteiger partial charge in [-0.2, -0.15) is 0 Å². The molecule has 0 atom stereocenters. The van der Waals surface area contributed by atoms with E-state index in [4.69, 9.17) is 0 Å². The molecule has 1 aromatic heterocycles. The molecule has 0 N–H and O–H groups in total. The monoisotopic (exact) mass is 275 g/mol. The molecule has 0 radical (unpaired) electrons. The molecular weight excluding hydrogens is 266 g/mol. The van der Waals surface area contributed by atoms with Gasteiger partial charge in [-0.3, -0.25) is 10.1 Å². The van der Waals surface area contributed by atoms with Gasteiger partial charge in [-0.1, -0.05) is 11.3 Å². The Balaban J connectivity index is 3.03. The summed E-state index contributed by atoms with van der Waals surface area (Å²) >= 11 is 0.554. The maximum atomic E-state index is 11.3. The summed E-state index contributed by atoms with van der Waals surface area (Å²) in [6.07, 6.45) is -1.05. The molecule has 0 aliphatic carbocycles. The minimum atomic E-state index is -1.05. The van der Waals surface area contributed by atoms with Crippen molar-refractivity contribution >= 4 is 28.5 Å². The molecule has 18 heavy (non-hydrogen) atoms. The maximum Gasteiger partial charge on any atom is 0.513 e. The lowest BCUT2D eigenvalue weighted by Crippen LogP contribution is -2.11. The fourth-order valence-corrected chi connectivity index (χ4v) is 1.82. The van der Waals surface area contributed by atoms with Crippen LogP contribution in [0.4, 0.5) is 9.80 Å². The maximum absolute atomic E-state index is 11.3. The number of carbonyl (C=O) groups excluding carboxylic acids is 2. The first-order valence-corrected chi connectivity index (χ1v) is 5.52. The topological polar surface area (TPSA) is 105 Å². The van der Waals surface area contributed by atoms with Gasteiger partial charge in [-0.25, -0.2) is 9.59 Å². The molecule has 0 aromatic carbocycles. The summed E-state index contributed by atoms with van der Waals surface area (Å²) in [5.41, 5.74) is 0. The predicted molar refractivity (Wildman–Crippen MR) is 60.0 cm³/mol. The second kappa shape index (κ2) is 5.96. The smallest absolute Gasteiger partial charge is 0.465 e. The molecule has 0 bridgehead atoms. The van der Waals surface area contributed by atoms with Gasteiger partial charge in [-0.05, 0) is 6.92 Å². The lowest BCUT2D eigenvalue weighted by Gasteiger charge is -2.03. The molecular formula is C9H9NO7S. The number of ether oxygens (including phenoxy) is 3. The van der Waals surface area contributed by atoms with Crippen molar-refractivity contribution in [3.8, 4) is 5.75 Å². The first-order chi connectivity index (χ1) is 8.49. The molecule has 1 rings (SSSR count). The number of thiophene rings is 1. The van der Waals surface area contributed by atoms with Crippen LogP contribution in [0, 0.1) is 10.1 Å². The first-order valence-electron chi connectivity index (χ1n) is 4.70. The van der Waals surface area contributed by atoms with E-state index in [1.807, 2.05) is 0 Å². The van der Waals surface area contributed by atoms with Gasteiger partial charge < -0.3 is 14.2 Å². The van der Waals surface area contributed by atoms with Gasteiger partial charge in [0, 0.05) is 0 Å². The largest absolute Gasteiger partial charge is 0.513 e. The number of carbonyl (C=O) groups is 2. The molecule has 1 aromatic rings. The van der Waals surface area contributed by atoms with Crippen LogP contribution in [-0.2, 0) is 9.47 Å². The van der Waals surface area contributed by atoms with Gasteiger partial charge >= 0.3 is 17.1 Å². The van der Waals surface area contributed by atoms with Crippen LogP contribution >= 0.6 is 11.3 Å². The molecule has 0 amide bonds. The Morgan fingerprint density at radius 3 is 2.67 bits per heavy atom. The van der Waals surface area contributed by atoms with Gasteiger partial charge in [0.05, 0.1) is 24.7 Å².